The molecule has 0 aromatic heterocycles. The van der Waals surface area contributed by atoms with Crippen molar-refractivity contribution in [2.45, 2.75) is 53.6 Å². The van der Waals surface area contributed by atoms with Gasteiger partial charge in [0.2, 0.25) is 12.1 Å². The Balaban J connectivity index is 1.51. The van der Waals surface area contributed by atoms with Crippen LogP contribution in [0.25, 0.3) is 11.1 Å². The molecule has 0 saturated carbocycles. The van der Waals surface area contributed by atoms with E-state index in [2.05, 4.69) is 31.1 Å². The van der Waals surface area contributed by atoms with Crippen molar-refractivity contribution in [2.24, 2.45) is 20.5 Å². The molecule has 14 nitrogen and oxygen atoms in total. The third-order valence-electron chi connectivity index (χ3n) is 7.75. The first-order valence-corrected chi connectivity index (χ1v) is 18.5. The number of anilines is 2. The van der Waals surface area contributed by atoms with E-state index in [9.17, 15) is 19.2 Å². The van der Waals surface area contributed by atoms with Crippen molar-refractivity contribution in [2.75, 3.05) is 37.1 Å². The Morgan fingerprint density at radius 3 is 1.38 bits per heavy atom. The Morgan fingerprint density at radius 1 is 0.571 bits per heavy atom. The molecule has 0 saturated heterocycles. The summed E-state index contributed by atoms with van der Waals surface area (Å²) < 4.78 is 22.6. The average Bonchev–Trinajstić information content (AvgIpc) is 3.16. The molecular weight excluding hydrogens is 763 g/mol. The van der Waals surface area contributed by atoms with Crippen LogP contribution in [0.2, 0.25) is 10.0 Å². The standard InChI is InChI=1S/C40H42Cl2N6O8/c1-7-53-29-13-11-14-30(54-8-2)37(29)43-39(51)35(23(5)49)47-45-26-19-17-25(18-20-26)27-21-22-28(34(42)33(27)41)46-48-36(24(6)50)40(52)44-38-31(55-9-3)15-12-16-32(38)56-10-4/h11-22,35-36H,7-10H2,1-6H3,(H,43,51)(H,44,52). The number of halogens is 2. The van der Waals surface area contributed by atoms with Gasteiger partial charge < -0.3 is 29.6 Å². The average molecular weight is 806 g/mol. The molecular formula is C40H42Cl2N6O8. The third kappa shape index (κ3) is 10.9. The van der Waals surface area contributed by atoms with Crippen molar-refractivity contribution < 1.29 is 38.1 Å². The lowest BCUT2D eigenvalue weighted by Gasteiger charge is -2.17. The molecule has 0 fully saturated rings. The smallest absolute Gasteiger partial charge is 0.259 e. The Labute approximate surface area is 334 Å². The molecule has 0 bridgehead atoms. The molecule has 0 aliphatic heterocycles. The summed E-state index contributed by atoms with van der Waals surface area (Å²) in [6.45, 7) is 11.1. The van der Waals surface area contributed by atoms with Crippen LogP contribution in [0.1, 0.15) is 41.5 Å². The minimum absolute atomic E-state index is 0.0356. The van der Waals surface area contributed by atoms with Crippen molar-refractivity contribution in [3.05, 3.63) is 82.8 Å². The predicted molar refractivity (Wildman–Crippen MR) is 215 cm³/mol. The predicted octanol–water partition coefficient (Wildman–Crippen LogP) is 9.62. The van der Waals surface area contributed by atoms with Crippen molar-refractivity contribution in [1.82, 2.24) is 0 Å². The minimum atomic E-state index is -1.51. The van der Waals surface area contributed by atoms with Gasteiger partial charge in [-0.05, 0) is 89.6 Å². The van der Waals surface area contributed by atoms with Crippen molar-refractivity contribution in [1.29, 1.82) is 0 Å². The summed E-state index contributed by atoms with van der Waals surface area (Å²) in [5.41, 5.74) is 2.22. The van der Waals surface area contributed by atoms with E-state index in [1.54, 1.807) is 86.6 Å². The number of benzene rings is 4. The van der Waals surface area contributed by atoms with Gasteiger partial charge in [-0.3, -0.25) is 19.2 Å². The van der Waals surface area contributed by atoms with E-state index in [0.29, 0.717) is 66.2 Å². The van der Waals surface area contributed by atoms with E-state index in [1.165, 1.54) is 13.8 Å². The minimum Gasteiger partial charge on any atom is -0.492 e. The van der Waals surface area contributed by atoms with Gasteiger partial charge in [0.25, 0.3) is 11.8 Å². The number of para-hydroxylation sites is 2. The topological polar surface area (TPSA) is 179 Å². The molecule has 4 aromatic carbocycles. The van der Waals surface area contributed by atoms with Crippen LogP contribution in [0.15, 0.2) is 93.3 Å². The molecule has 294 valence electrons. The summed E-state index contributed by atoms with van der Waals surface area (Å²) >= 11 is 13.3. The number of nitrogens with zero attached hydrogens (tertiary/aromatic N) is 4. The molecule has 2 unspecified atom stereocenters. The van der Waals surface area contributed by atoms with E-state index in [1.807, 2.05) is 13.8 Å². The maximum Gasteiger partial charge on any atom is 0.259 e. The number of carbonyl (C=O) groups is 4. The molecule has 56 heavy (non-hydrogen) atoms. The lowest BCUT2D eigenvalue weighted by molar-refractivity contribution is -0.127. The van der Waals surface area contributed by atoms with Crippen LogP contribution in [0.3, 0.4) is 0 Å². The first kappa shape index (κ1) is 42.9. The molecule has 4 aromatic rings. The van der Waals surface area contributed by atoms with Crippen LogP contribution in [-0.4, -0.2) is 61.9 Å². The number of hydrogen-bond donors (Lipinski definition) is 2. The number of rotatable bonds is 19. The monoisotopic (exact) mass is 804 g/mol. The highest BCUT2D eigenvalue weighted by molar-refractivity contribution is 6.45. The molecule has 0 aliphatic carbocycles. The lowest BCUT2D eigenvalue weighted by Crippen LogP contribution is -2.32. The highest BCUT2D eigenvalue weighted by Crippen LogP contribution is 2.41. The fourth-order valence-corrected chi connectivity index (χ4v) is 5.65. The highest BCUT2D eigenvalue weighted by atomic mass is 35.5. The number of azo groups is 2. The zero-order chi connectivity index (χ0) is 40.8. The zero-order valence-corrected chi connectivity index (χ0v) is 33.2. The van der Waals surface area contributed by atoms with Crippen LogP contribution < -0.4 is 29.6 Å². The maximum absolute atomic E-state index is 13.3. The van der Waals surface area contributed by atoms with Gasteiger partial charge >= 0.3 is 0 Å². The second-order valence-electron chi connectivity index (χ2n) is 11.7. The van der Waals surface area contributed by atoms with Crippen LogP contribution in [0, 0.1) is 0 Å². The van der Waals surface area contributed by atoms with Gasteiger partial charge in [-0.15, -0.1) is 0 Å². The number of amides is 2. The van der Waals surface area contributed by atoms with E-state index in [4.69, 9.17) is 42.1 Å². The largest absolute Gasteiger partial charge is 0.492 e. The molecule has 0 radical (unpaired) electrons. The quantitative estimate of drug-likeness (QED) is 0.0695. The van der Waals surface area contributed by atoms with E-state index in [0.717, 1.165) is 0 Å². The molecule has 2 atom stereocenters. The first-order chi connectivity index (χ1) is 26.9. The van der Waals surface area contributed by atoms with Crippen LogP contribution >= 0.6 is 23.2 Å². The number of carbonyl (C=O) groups excluding carboxylic acids is 4. The van der Waals surface area contributed by atoms with Gasteiger partial charge in [-0.2, -0.15) is 20.5 Å². The summed E-state index contributed by atoms with van der Waals surface area (Å²) in [4.78, 5) is 51.5. The van der Waals surface area contributed by atoms with Crippen LogP contribution in [0.4, 0.5) is 22.7 Å². The second kappa shape index (κ2) is 20.7. The Hall–Kier alpha value is -5.86. The summed E-state index contributed by atoms with van der Waals surface area (Å²) in [5.74, 6) is -1.03. The summed E-state index contributed by atoms with van der Waals surface area (Å²) in [6, 6.07) is 17.1. The molecule has 0 aliphatic rings. The first-order valence-electron chi connectivity index (χ1n) is 17.7. The van der Waals surface area contributed by atoms with Gasteiger partial charge in [0, 0.05) is 5.56 Å². The molecule has 4 rings (SSSR count). The summed E-state index contributed by atoms with van der Waals surface area (Å²) in [6.07, 6.45) is 0. The zero-order valence-electron chi connectivity index (χ0n) is 31.7. The number of hydrogen-bond acceptors (Lipinski definition) is 12. The lowest BCUT2D eigenvalue weighted by atomic mass is 10.0. The molecule has 2 N–H and O–H groups in total. The van der Waals surface area contributed by atoms with Gasteiger partial charge in [0.1, 0.15) is 40.1 Å². The van der Waals surface area contributed by atoms with E-state index in [-0.39, 0.29) is 27.1 Å². The number of ketones is 2. The van der Waals surface area contributed by atoms with Crippen molar-refractivity contribution >= 4 is 69.3 Å². The van der Waals surface area contributed by atoms with E-state index >= 15 is 0 Å². The fraction of sp³-hybridized carbons (Fsp3) is 0.300. The molecule has 0 spiro atoms. The van der Waals surface area contributed by atoms with Crippen molar-refractivity contribution in [3.8, 4) is 34.1 Å². The Morgan fingerprint density at radius 2 is 0.982 bits per heavy atom. The molecule has 0 heterocycles. The van der Waals surface area contributed by atoms with Crippen molar-refractivity contribution in [3.63, 3.8) is 0 Å². The van der Waals surface area contributed by atoms with Crippen LogP contribution in [-0.2, 0) is 19.2 Å². The highest BCUT2D eigenvalue weighted by Gasteiger charge is 2.27. The van der Waals surface area contributed by atoms with Crippen LogP contribution in [0.5, 0.6) is 23.0 Å². The Bertz CT molecular complexity index is 2060. The molecule has 2 amide bonds. The maximum atomic E-state index is 13.3. The van der Waals surface area contributed by atoms with Gasteiger partial charge in [0.15, 0.2) is 11.6 Å². The summed E-state index contributed by atoms with van der Waals surface area (Å²) in [5, 5.41) is 21.9. The Kier molecular flexibility index (Phi) is 15.9. The van der Waals surface area contributed by atoms with Gasteiger partial charge in [0.05, 0.1) is 42.2 Å². The fourth-order valence-electron chi connectivity index (χ4n) is 5.18. The summed E-state index contributed by atoms with van der Waals surface area (Å²) in [7, 11) is 0. The number of ether oxygens (including phenoxy) is 4. The van der Waals surface area contributed by atoms with Gasteiger partial charge in [-0.25, -0.2) is 0 Å². The van der Waals surface area contributed by atoms with E-state index < -0.39 is 35.5 Å². The van der Waals surface area contributed by atoms with Gasteiger partial charge in [-0.1, -0.05) is 53.5 Å². The number of nitrogens with one attached hydrogen (secondary N) is 2. The normalized spacial score (nSPS) is 12.2. The molecule has 16 heteroatoms. The second-order valence-corrected chi connectivity index (χ2v) is 12.5. The SMILES string of the molecule is CCOc1cccc(OCC)c1NC(=O)C(N=Nc1ccc(-c2ccc(N=NC(C(C)=O)C(=O)Nc3c(OCC)cccc3OCC)c(Cl)c2Cl)cc1)C(C)=O. The number of Topliss-reactive ketones (excluding diaryl/α,β-unsaturated/α-hetero) is 2. The third-order valence-corrected chi connectivity index (χ3v) is 8.62.